The summed E-state index contributed by atoms with van der Waals surface area (Å²) >= 11 is 0. The molecule has 0 radical (unpaired) electrons. The molecule has 1 amide bonds. The average Bonchev–Trinajstić information content (AvgIpc) is 2.27. The van der Waals surface area contributed by atoms with Crippen LogP contribution in [0.3, 0.4) is 0 Å². The van der Waals surface area contributed by atoms with E-state index >= 15 is 0 Å². The summed E-state index contributed by atoms with van der Waals surface area (Å²) < 4.78 is 0. The molecule has 0 fully saturated rings. The molecule has 0 heterocycles. The zero-order valence-corrected chi connectivity index (χ0v) is 9.99. The number of hydrogen-bond acceptors (Lipinski definition) is 1. The van der Waals surface area contributed by atoms with Gasteiger partial charge in [0, 0.05) is 12.0 Å². The predicted molar refractivity (Wildman–Crippen MR) is 65.2 cm³/mol. The highest BCUT2D eigenvalue weighted by Gasteiger charge is 2.24. The first-order valence-corrected chi connectivity index (χ1v) is 6.04. The van der Waals surface area contributed by atoms with Crippen molar-refractivity contribution in [3.05, 3.63) is 35.4 Å². The molecule has 1 unspecified atom stereocenters. The lowest BCUT2D eigenvalue weighted by molar-refractivity contribution is -0.125. The number of rotatable bonds is 2. The van der Waals surface area contributed by atoms with Gasteiger partial charge in [0.1, 0.15) is 0 Å². The molecule has 1 aliphatic rings. The fourth-order valence-electron chi connectivity index (χ4n) is 2.32. The molecule has 86 valence electrons. The lowest BCUT2D eigenvalue weighted by Crippen LogP contribution is -2.37. The van der Waals surface area contributed by atoms with Crippen LogP contribution in [0.2, 0.25) is 0 Å². The van der Waals surface area contributed by atoms with Crippen LogP contribution < -0.4 is 5.32 Å². The Bertz CT molecular complexity index is 384. The topological polar surface area (TPSA) is 29.1 Å². The second-order valence-electron chi connectivity index (χ2n) is 4.87. The molecule has 0 aliphatic heterocycles. The van der Waals surface area contributed by atoms with E-state index in [1.807, 2.05) is 13.8 Å². The lowest BCUT2D eigenvalue weighted by Gasteiger charge is -2.24. The molecule has 1 aromatic rings. The zero-order chi connectivity index (χ0) is 11.5. The summed E-state index contributed by atoms with van der Waals surface area (Å²) in [5.74, 6) is 0.377. The monoisotopic (exact) mass is 217 g/mol. The van der Waals surface area contributed by atoms with Crippen LogP contribution in [-0.4, -0.2) is 11.9 Å². The van der Waals surface area contributed by atoms with Crippen LogP contribution in [0.5, 0.6) is 0 Å². The van der Waals surface area contributed by atoms with Gasteiger partial charge >= 0.3 is 0 Å². The molecule has 0 saturated heterocycles. The van der Waals surface area contributed by atoms with Crippen LogP contribution in [-0.2, 0) is 17.6 Å². The van der Waals surface area contributed by atoms with E-state index in [1.165, 1.54) is 11.1 Å². The van der Waals surface area contributed by atoms with Gasteiger partial charge in [-0.15, -0.1) is 0 Å². The molecule has 1 aliphatic carbocycles. The van der Waals surface area contributed by atoms with Gasteiger partial charge in [-0.3, -0.25) is 4.79 Å². The Morgan fingerprint density at radius 3 is 2.69 bits per heavy atom. The van der Waals surface area contributed by atoms with E-state index in [-0.39, 0.29) is 17.9 Å². The summed E-state index contributed by atoms with van der Waals surface area (Å²) in [4.78, 5) is 11.9. The number of hydrogen-bond donors (Lipinski definition) is 1. The van der Waals surface area contributed by atoms with Crippen molar-refractivity contribution in [2.24, 2.45) is 5.92 Å². The SMILES string of the molecule is CC(C)NC(=O)C1CCc2ccccc2C1. The maximum absolute atomic E-state index is 11.9. The van der Waals surface area contributed by atoms with Gasteiger partial charge in [-0.05, 0) is 44.2 Å². The molecule has 1 atom stereocenters. The van der Waals surface area contributed by atoms with Gasteiger partial charge in [0.2, 0.25) is 5.91 Å². The largest absolute Gasteiger partial charge is 0.354 e. The molecule has 16 heavy (non-hydrogen) atoms. The minimum Gasteiger partial charge on any atom is -0.354 e. The van der Waals surface area contributed by atoms with Crippen molar-refractivity contribution < 1.29 is 4.79 Å². The van der Waals surface area contributed by atoms with Gasteiger partial charge in [-0.2, -0.15) is 0 Å². The molecule has 0 bridgehead atoms. The fourth-order valence-corrected chi connectivity index (χ4v) is 2.32. The quantitative estimate of drug-likeness (QED) is 0.809. The number of amides is 1. The predicted octanol–water partition coefficient (Wildman–Crippen LogP) is 2.32. The van der Waals surface area contributed by atoms with Crippen molar-refractivity contribution >= 4 is 5.91 Å². The number of carbonyl (C=O) groups is 1. The van der Waals surface area contributed by atoms with Crippen molar-refractivity contribution in [3.63, 3.8) is 0 Å². The van der Waals surface area contributed by atoms with E-state index in [4.69, 9.17) is 0 Å². The first kappa shape index (κ1) is 11.2. The molecule has 0 aromatic heterocycles. The van der Waals surface area contributed by atoms with E-state index in [1.54, 1.807) is 0 Å². The van der Waals surface area contributed by atoms with Crippen molar-refractivity contribution in [1.82, 2.24) is 5.32 Å². The number of benzene rings is 1. The second-order valence-corrected chi connectivity index (χ2v) is 4.87. The van der Waals surface area contributed by atoms with Crippen LogP contribution in [0, 0.1) is 5.92 Å². The van der Waals surface area contributed by atoms with Crippen LogP contribution in [0.15, 0.2) is 24.3 Å². The van der Waals surface area contributed by atoms with Crippen molar-refractivity contribution in [3.8, 4) is 0 Å². The minimum atomic E-state index is 0.164. The van der Waals surface area contributed by atoms with Gasteiger partial charge in [-0.1, -0.05) is 24.3 Å². The van der Waals surface area contributed by atoms with E-state index in [9.17, 15) is 4.79 Å². The molecular weight excluding hydrogens is 198 g/mol. The third-order valence-corrected chi connectivity index (χ3v) is 3.15. The molecule has 1 aromatic carbocycles. The average molecular weight is 217 g/mol. The van der Waals surface area contributed by atoms with Crippen LogP contribution >= 0.6 is 0 Å². The number of aryl methyl sites for hydroxylation is 1. The highest BCUT2D eigenvalue weighted by atomic mass is 16.1. The second kappa shape index (κ2) is 4.69. The van der Waals surface area contributed by atoms with E-state index in [0.29, 0.717) is 0 Å². The maximum atomic E-state index is 11.9. The van der Waals surface area contributed by atoms with Gasteiger partial charge in [0.05, 0.1) is 0 Å². The Morgan fingerprint density at radius 2 is 2.00 bits per heavy atom. The van der Waals surface area contributed by atoms with Gasteiger partial charge in [-0.25, -0.2) is 0 Å². The van der Waals surface area contributed by atoms with Gasteiger partial charge < -0.3 is 5.32 Å². The lowest BCUT2D eigenvalue weighted by atomic mass is 9.83. The summed E-state index contributed by atoms with van der Waals surface area (Å²) in [7, 11) is 0. The van der Waals surface area contributed by atoms with Crippen LogP contribution in [0.4, 0.5) is 0 Å². The summed E-state index contributed by atoms with van der Waals surface area (Å²) in [6, 6.07) is 8.69. The molecule has 2 rings (SSSR count). The smallest absolute Gasteiger partial charge is 0.223 e. The van der Waals surface area contributed by atoms with Gasteiger partial charge in [0.15, 0.2) is 0 Å². The Hall–Kier alpha value is -1.31. The fraction of sp³-hybridized carbons (Fsp3) is 0.500. The standard InChI is InChI=1S/C14H19NO/c1-10(2)15-14(16)13-8-7-11-5-3-4-6-12(11)9-13/h3-6,10,13H,7-9H2,1-2H3,(H,15,16). The van der Waals surface area contributed by atoms with E-state index < -0.39 is 0 Å². The molecule has 1 N–H and O–H groups in total. The van der Waals surface area contributed by atoms with E-state index in [2.05, 4.69) is 29.6 Å². The molecular formula is C14H19NO. The number of fused-ring (bicyclic) bond motifs is 1. The van der Waals surface area contributed by atoms with Crippen LogP contribution in [0.1, 0.15) is 31.4 Å². The first-order valence-electron chi connectivity index (χ1n) is 6.04. The minimum absolute atomic E-state index is 0.164. The highest BCUT2D eigenvalue weighted by molar-refractivity contribution is 5.79. The summed E-state index contributed by atoms with van der Waals surface area (Å²) in [6.07, 6.45) is 2.91. The summed E-state index contributed by atoms with van der Waals surface area (Å²) in [6.45, 7) is 4.02. The first-order chi connectivity index (χ1) is 7.66. The van der Waals surface area contributed by atoms with Gasteiger partial charge in [0.25, 0.3) is 0 Å². The third kappa shape index (κ3) is 2.43. The molecule has 2 heteroatoms. The van der Waals surface area contributed by atoms with Crippen molar-refractivity contribution in [1.29, 1.82) is 0 Å². The normalized spacial score (nSPS) is 19.3. The van der Waals surface area contributed by atoms with E-state index in [0.717, 1.165) is 19.3 Å². The maximum Gasteiger partial charge on any atom is 0.223 e. The number of carbonyl (C=O) groups excluding carboxylic acids is 1. The summed E-state index contributed by atoms with van der Waals surface area (Å²) in [5.41, 5.74) is 2.76. The molecule has 2 nitrogen and oxygen atoms in total. The Labute approximate surface area is 97.1 Å². The van der Waals surface area contributed by atoms with Crippen LogP contribution in [0.25, 0.3) is 0 Å². The Morgan fingerprint density at radius 1 is 1.31 bits per heavy atom. The van der Waals surface area contributed by atoms with Crippen molar-refractivity contribution in [2.45, 2.75) is 39.2 Å². The molecule has 0 spiro atoms. The third-order valence-electron chi connectivity index (χ3n) is 3.15. The zero-order valence-electron chi connectivity index (χ0n) is 9.99. The highest BCUT2D eigenvalue weighted by Crippen LogP contribution is 2.25. The summed E-state index contributed by atoms with van der Waals surface area (Å²) in [5, 5.41) is 3.00. The molecule has 0 saturated carbocycles. The Kier molecular flexibility index (Phi) is 3.28. The Balaban J connectivity index is 2.05. The number of nitrogens with one attached hydrogen (secondary N) is 1. The van der Waals surface area contributed by atoms with Crippen molar-refractivity contribution in [2.75, 3.05) is 0 Å².